The van der Waals surface area contributed by atoms with Crippen molar-refractivity contribution in [2.45, 2.75) is 25.8 Å². The number of fused-ring (bicyclic) bond motifs is 1. The molecule has 0 spiro atoms. The SMILES string of the molecule is N#Cc1cccc(OCCn2c3c(ccc2=O)CCC3)c1. The van der Waals surface area contributed by atoms with Crippen LogP contribution in [0.3, 0.4) is 0 Å². The van der Waals surface area contributed by atoms with Gasteiger partial charge in [0.15, 0.2) is 0 Å². The van der Waals surface area contributed by atoms with Gasteiger partial charge in [0.2, 0.25) is 0 Å². The molecule has 1 aliphatic rings. The van der Waals surface area contributed by atoms with Gasteiger partial charge >= 0.3 is 0 Å². The molecule has 0 bridgehead atoms. The van der Waals surface area contributed by atoms with Crippen LogP contribution in [0.15, 0.2) is 41.2 Å². The van der Waals surface area contributed by atoms with Crippen LogP contribution in [0.4, 0.5) is 0 Å². The number of ether oxygens (including phenoxy) is 1. The number of nitriles is 1. The van der Waals surface area contributed by atoms with Gasteiger partial charge in [-0.2, -0.15) is 5.26 Å². The van der Waals surface area contributed by atoms with Crippen LogP contribution in [0.5, 0.6) is 5.75 Å². The third-order valence-electron chi connectivity index (χ3n) is 3.80. The van der Waals surface area contributed by atoms with Crippen molar-refractivity contribution >= 4 is 0 Å². The van der Waals surface area contributed by atoms with Crippen molar-refractivity contribution in [3.05, 3.63) is 63.6 Å². The van der Waals surface area contributed by atoms with E-state index in [9.17, 15) is 4.79 Å². The Morgan fingerprint density at radius 1 is 1.24 bits per heavy atom. The predicted octanol–water partition coefficient (Wildman–Crippen LogP) is 2.29. The molecular weight excluding hydrogens is 264 g/mol. The fourth-order valence-corrected chi connectivity index (χ4v) is 2.79. The number of aromatic nitrogens is 1. The van der Waals surface area contributed by atoms with Crippen LogP contribution in [0.1, 0.15) is 23.2 Å². The number of pyridine rings is 1. The van der Waals surface area contributed by atoms with Crippen LogP contribution in [-0.4, -0.2) is 11.2 Å². The van der Waals surface area contributed by atoms with E-state index in [4.69, 9.17) is 10.00 Å². The smallest absolute Gasteiger partial charge is 0.250 e. The number of rotatable bonds is 4. The van der Waals surface area contributed by atoms with Crippen molar-refractivity contribution in [1.82, 2.24) is 4.57 Å². The zero-order valence-corrected chi connectivity index (χ0v) is 11.7. The van der Waals surface area contributed by atoms with Gasteiger partial charge in [-0.1, -0.05) is 12.1 Å². The van der Waals surface area contributed by atoms with E-state index in [1.54, 1.807) is 24.3 Å². The monoisotopic (exact) mass is 280 g/mol. The Hall–Kier alpha value is -2.54. The lowest BCUT2D eigenvalue weighted by Crippen LogP contribution is -2.25. The maximum atomic E-state index is 12.0. The van der Waals surface area contributed by atoms with Gasteiger partial charge in [-0.15, -0.1) is 0 Å². The molecule has 1 aromatic carbocycles. The Balaban J connectivity index is 1.70. The first-order chi connectivity index (χ1) is 10.3. The van der Waals surface area contributed by atoms with E-state index in [2.05, 4.69) is 6.07 Å². The Morgan fingerprint density at radius 3 is 3.00 bits per heavy atom. The molecule has 4 nitrogen and oxygen atoms in total. The molecule has 0 amide bonds. The molecule has 21 heavy (non-hydrogen) atoms. The summed E-state index contributed by atoms with van der Waals surface area (Å²) in [6.45, 7) is 0.962. The maximum absolute atomic E-state index is 12.0. The van der Waals surface area contributed by atoms with Gasteiger partial charge < -0.3 is 9.30 Å². The summed E-state index contributed by atoms with van der Waals surface area (Å²) >= 11 is 0. The van der Waals surface area contributed by atoms with E-state index in [0.717, 1.165) is 25.0 Å². The highest BCUT2D eigenvalue weighted by Gasteiger charge is 2.15. The first-order valence-electron chi connectivity index (χ1n) is 7.12. The molecule has 0 N–H and O–H groups in total. The maximum Gasteiger partial charge on any atom is 0.250 e. The number of nitrogens with zero attached hydrogens (tertiary/aromatic N) is 2. The molecule has 0 unspecified atom stereocenters. The minimum Gasteiger partial charge on any atom is -0.492 e. The van der Waals surface area contributed by atoms with Gasteiger partial charge in [-0.25, -0.2) is 0 Å². The highest BCUT2D eigenvalue weighted by Crippen LogP contribution is 2.20. The number of benzene rings is 1. The van der Waals surface area contributed by atoms with Gasteiger partial charge in [-0.3, -0.25) is 4.79 Å². The molecule has 1 aromatic heterocycles. The summed E-state index contributed by atoms with van der Waals surface area (Å²) in [4.78, 5) is 12.0. The first kappa shape index (κ1) is 13.4. The van der Waals surface area contributed by atoms with E-state index in [0.29, 0.717) is 24.5 Å². The van der Waals surface area contributed by atoms with Crippen molar-refractivity contribution in [2.75, 3.05) is 6.61 Å². The van der Waals surface area contributed by atoms with Crippen LogP contribution in [0.25, 0.3) is 0 Å². The average Bonchev–Trinajstić information content (AvgIpc) is 2.98. The van der Waals surface area contributed by atoms with Crippen LogP contribution in [-0.2, 0) is 19.4 Å². The molecule has 106 valence electrons. The minimum absolute atomic E-state index is 0.0324. The average molecular weight is 280 g/mol. The van der Waals surface area contributed by atoms with Gasteiger partial charge in [-0.05, 0) is 43.0 Å². The van der Waals surface area contributed by atoms with Crippen LogP contribution >= 0.6 is 0 Å². The van der Waals surface area contributed by atoms with Gasteiger partial charge in [0.25, 0.3) is 5.56 Å². The summed E-state index contributed by atoms with van der Waals surface area (Å²) in [6, 6.07) is 12.7. The second kappa shape index (κ2) is 5.84. The van der Waals surface area contributed by atoms with E-state index in [1.807, 2.05) is 16.7 Å². The fraction of sp³-hybridized carbons (Fsp3) is 0.294. The first-order valence-corrected chi connectivity index (χ1v) is 7.12. The highest BCUT2D eigenvalue weighted by atomic mass is 16.5. The third-order valence-corrected chi connectivity index (χ3v) is 3.80. The largest absolute Gasteiger partial charge is 0.492 e. The van der Waals surface area contributed by atoms with E-state index < -0.39 is 0 Å². The third kappa shape index (κ3) is 2.82. The highest BCUT2D eigenvalue weighted by molar-refractivity contribution is 5.36. The van der Waals surface area contributed by atoms with Crippen molar-refractivity contribution in [3.63, 3.8) is 0 Å². The Morgan fingerprint density at radius 2 is 2.14 bits per heavy atom. The van der Waals surface area contributed by atoms with E-state index >= 15 is 0 Å². The molecule has 0 saturated carbocycles. The van der Waals surface area contributed by atoms with Crippen LogP contribution < -0.4 is 10.3 Å². The molecule has 1 aliphatic carbocycles. The zero-order valence-electron chi connectivity index (χ0n) is 11.7. The number of hydrogen-bond acceptors (Lipinski definition) is 3. The number of hydrogen-bond donors (Lipinski definition) is 0. The summed E-state index contributed by atoms with van der Waals surface area (Å²) in [6.07, 6.45) is 3.14. The van der Waals surface area contributed by atoms with E-state index in [-0.39, 0.29) is 5.56 Å². The lowest BCUT2D eigenvalue weighted by Gasteiger charge is -2.12. The zero-order chi connectivity index (χ0) is 14.7. The van der Waals surface area contributed by atoms with Gasteiger partial charge in [0.05, 0.1) is 18.2 Å². The fourth-order valence-electron chi connectivity index (χ4n) is 2.79. The molecule has 4 heteroatoms. The minimum atomic E-state index is 0.0324. The molecule has 0 saturated heterocycles. The second-order valence-corrected chi connectivity index (χ2v) is 5.14. The molecule has 0 radical (unpaired) electrons. The van der Waals surface area contributed by atoms with Crippen LogP contribution in [0, 0.1) is 11.3 Å². The molecule has 0 atom stereocenters. The van der Waals surface area contributed by atoms with E-state index in [1.165, 1.54) is 5.56 Å². The number of aryl methyl sites for hydroxylation is 1. The Kier molecular flexibility index (Phi) is 3.74. The molecule has 2 aromatic rings. The van der Waals surface area contributed by atoms with Crippen molar-refractivity contribution in [1.29, 1.82) is 5.26 Å². The van der Waals surface area contributed by atoms with Gasteiger partial charge in [0.1, 0.15) is 12.4 Å². The van der Waals surface area contributed by atoms with Crippen molar-refractivity contribution in [3.8, 4) is 11.8 Å². The molecule has 1 heterocycles. The topological polar surface area (TPSA) is 55.0 Å². The lowest BCUT2D eigenvalue weighted by atomic mass is 10.2. The van der Waals surface area contributed by atoms with Crippen LogP contribution in [0.2, 0.25) is 0 Å². The normalized spacial score (nSPS) is 12.7. The second-order valence-electron chi connectivity index (χ2n) is 5.14. The molecule has 0 aliphatic heterocycles. The van der Waals surface area contributed by atoms with Gasteiger partial charge in [0, 0.05) is 11.8 Å². The summed E-state index contributed by atoms with van der Waals surface area (Å²) in [5.74, 6) is 0.662. The predicted molar refractivity (Wildman–Crippen MR) is 79.4 cm³/mol. The molecular formula is C17H16N2O2. The summed E-state index contributed by atoms with van der Waals surface area (Å²) in [5.41, 5.74) is 3.04. The standard InChI is InChI=1S/C17H16N2O2/c18-12-13-3-1-5-15(11-13)21-10-9-19-16-6-2-4-14(16)7-8-17(19)20/h1,3,5,7-8,11H,2,4,6,9-10H2. The lowest BCUT2D eigenvalue weighted by molar-refractivity contribution is 0.294. The summed E-state index contributed by atoms with van der Waals surface area (Å²) < 4.78 is 7.47. The van der Waals surface area contributed by atoms with Crippen molar-refractivity contribution < 1.29 is 4.74 Å². The summed E-state index contributed by atoms with van der Waals surface area (Å²) in [5, 5.41) is 8.86. The summed E-state index contributed by atoms with van der Waals surface area (Å²) in [7, 11) is 0. The molecule has 3 rings (SSSR count). The molecule has 0 fully saturated rings. The van der Waals surface area contributed by atoms with Crippen molar-refractivity contribution in [2.24, 2.45) is 0 Å². The Labute approximate surface area is 123 Å². The quantitative estimate of drug-likeness (QED) is 0.863. The Bertz CT molecular complexity index is 756.